The van der Waals surface area contributed by atoms with Gasteiger partial charge in [0.15, 0.2) is 0 Å². The van der Waals surface area contributed by atoms with Crippen LogP contribution in [-0.2, 0) is 5.41 Å². The first-order valence-electron chi connectivity index (χ1n) is 17.1. The Hall–Kier alpha value is -5.92. The fourth-order valence-electron chi connectivity index (χ4n) is 10.3. The minimum absolute atomic E-state index is 0.261. The van der Waals surface area contributed by atoms with Crippen LogP contribution in [0.3, 0.4) is 0 Å². The molecular formula is C47H29N. The van der Waals surface area contributed by atoms with Crippen LogP contribution in [0.1, 0.15) is 44.9 Å². The van der Waals surface area contributed by atoms with Crippen molar-refractivity contribution in [1.29, 1.82) is 0 Å². The van der Waals surface area contributed by atoms with Gasteiger partial charge < -0.3 is 4.57 Å². The smallest absolute Gasteiger partial charge is 0.0722 e. The molecule has 1 heteroatoms. The zero-order valence-electron chi connectivity index (χ0n) is 26.2. The van der Waals surface area contributed by atoms with E-state index in [2.05, 4.69) is 168 Å². The number of hydrogen-bond acceptors (Lipinski definition) is 0. The molecule has 12 rings (SSSR count). The van der Waals surface area contributed by atoms with Gasteiger partial charge >= 0.3 is 0 Å². The normalized spacial score (nSPS) is 19.7. The molecule has 48 heavy (non-hydrogen) atoms. The van der Waals surface area contributed by atoms with Crippen molar-refractivity contribution in [3.8, 4) is 16.8 Å². The predicted molar refractivity (Wildman–Crippen MR) is 198 cm³/mol. The van der Waals surface area contributed by atoms with Gasteiger partial charge in [0.25, 0.3) is 0 Å². The van der Waals surface area contributed by atoms with Crippen molar-refractivity contribution in [3.05, 3.63) is 202 Å². The third-order valence-corrected chi connectivity index (χ3v) is 12.0. The fraction of sp³-hybridized carbons (Fsp3) is 0.0638. The van der Waals surface area contributed by atoms with E-state index >= 15 is 0 Å². The zero-order valence-corrected chi connectivity index (χ0v) is 26.2. The van der Waals surface area contributed by atoms with Crippen LogP contribution in [0, 0.1) is 5.92 Å². The topological polar surface area (TPSA) is 4.93 Å². The molecular weight excluding hydrogens is 579 g/mol. The van der Waals surface area contributed by atoms with E-state index in [0.29, 0.717) is 0 Å². The highest BCUT2D eigenvalue weighted by molar-refractivity contribution is 6.15. The van der Waals surface area contributed by atoms with Crippen molar-refractivity contribution in [1.82, 2.24) is 4.57 Å². The van der Waals surface area contributed by atoms with Crippen molar-refractivity contribution in [2.75, 3.05) is 0 Å². The van der Waals surface area contributed by atoms with Crippen molar-refractivity contribution >= 4 is 39.5 Å². The minimum atomic E-state index is -0.313. The van der Waals surface area contributed by atoms with Crippen LogP contribution in [0.15, 0.2) is 163 Å². The largest absolute Gasteiger partial charge is 0.309 e. The molecule has 5 aliphatic carbocycles. The summed E-state index contributed by atoms with van der Waals surface area (Å²) in [6.45, 7) is 0. The number of nitrogens with zero attached hydrogens (tertiary/aromatic N) is 1. The van der Waals surface area contributed by atoms with Gasteiger partial charge in [-0.3, -0.25) is 0 Å². The van der Waals surface area contributed by atoms with E-state index in [9.17, 15) is 0 Å². The van der Waals surface area contributed by atoms with Gasteiger partial charge in [-0.05, 0) is 91.1 Å². The van der Waals surface area contributed by atoms with Gasteiger partial charge in [-0.2, -0.15) is 0 Å². The van der Waals surface area contributed by atoms with E-state index < -0.39 is 0 Å². The van der Waals surface area contributed by atoms with E-state index in [1.807, 2.05) is 0 Å². The number of hydrogen-bond donors (Lipinski definition) is 0. The van der Waals surface area contributed by atoms with Crippen LogP contribution in [0.4, 0.5) is 0 Å². The standard InChI is InChI=1S/C47H29N/c1-2-12-30(13-3-1)48-41-21-11-7-17-34(41)46-36-25-22-28-26-40-45(35-24-23-29(27-42(46)48)44(36)43(28)35)33-16-6-10-20-39(33)47(40)37-18-8-4-14-31(37)32-15-5-9-19-38(32)47/h1-27,35,43H. The highest BCUT2D eigenvalue weighted by Gasteiger charge is 2.55. The molecule has 1 heterocycles. The Morgan fingerprint density at radius 3 is 1.98 bits per heavy atom. The van der Waals surface area contributed by atoms with Gasteiger partial charge in [0, 0.05) is 28.3 Å². The molecule has 6 aromatic carbocycles. The Morgan fingerprint density at radius 1 is 0.562 bits per heavy atom. The van der Waals surface area contributed by atoms with Gasteiger partial charge in [-0.15, -0.1) is 0 Å². The highest BCUT2D eigenvalue weighted by Crippen LogP contribution is 2.67. The molecule has 7 aromatic rings. The molecule has 0 N–H and O–H groups in total. The van der Waals surface area contributed by atoms with Gasteiger partial charge in [0.2, 0.25) is 0 Å². The highest BCUT2D eigenvalue weighted by atomic mass is 15.0. The van der Waals surface area contributed by atoms with Crippen LogP contribution in [0.25, 0.3) is 56.3 Å². The summed E-state index contributed by atoms with van der Waals surface area (Å²) in [6, 6.07) is 49.8. The summed E-state index contributed by atoms with van der Waals surface area (Å²) >= 11 is 0. The van der Waals surface area contributed by atoms with E-state index in [-0.39, 0.29) is 17.3 Å². The average molecular weight is 608 g/mol. The summed E-state index contributed by atoms with van der Waals surface area (Å²) < 4.78 is 2.45. The molecule has 0 amide bonds. The number of para-hydroxylation sites is 2. The van der Waals surface area contributed by atoms with E-state index in [1.54, 1.807) is 0 Å². The molecule has 0 aliphatic heterocycles. The third-order valence-electron chi connectivity index (χ3n) is 12.0. The molecule has 222 valence electrons. The second-order valence-electron chi connectivity index (χ2n) is 13.9. The van der Waals surface area contributed by atoms with Crippen LogP contribution in [0.2, 0.25) is 0 Å². The van der Waals surface area contributed by atoms with E-state index in [1.165, 1.54) is 94.3 Å². The molecule has 1 nitrogen and oxygen atoms in total. The van der Waals surface area contributed by atoms with Gasteiger partial charge in [0.05, 0.1) is 16.4 Å². The maximum Gasteiger partial charge on any atom is 0.0722 e. The van der Waals surface area contributed by atoms with Crippen molar-refractivity contribution in [3.63, 3.8) is 0 Å². The third kappa shape index (κ3) is 2.79. The predicted octanol–water partition coefficient (Wildman–Crippen LogP) is 11.3. The molecule has 2 unspecified atom stereocenters. The van der Waals surface area contributed by atoms with Crippen molar-refractivity contribution in [2.24, 2.45) is 5.92 Å². The lowest BCUT2D eigenvalue weighted by molar-refractivity contribution is 0.668. The maximum absolute atomic E-state index is 2.59. The Morgan fingerprint density at radius 2 is 1.21 bits per heavy atom. The lowest BCUT2D eigenvalue weighted by Gasteiger charge is -2.40. The second-order valence-corrected chi connectivity index (χ2v) is 13.9. The van der Waals surface area contributed by atoms with Crippen LogP contribution in [0.5, 0.6) is 0 Å². The summed E-state index contributed by atoms with van der Waals surface area (Å²) in [7, 11) is 0. The Labute approximate surface area is 279 Å². The molecule has 0 fully saturated rings. The lowest BCUT2D eigenvalue weighted by atomic mass is 9.62. The molecule has 0 saturated heterocycles. The number of aromatic nitrogens is 1. The Bertz CT molecular complexity index is 2680. The van der Waals surface area contributed by atoms with E-state index in [4.69, 9.17) is 0 Å². The van der Waals surface area contributed by atoms with Gasteiger partial charge in [0.1, 0.15) is 0 Å². The molecule has 1 spiro atoms. The van der Waals surface area contributed by atoms with Crippen LogP contribution >= 0.6 is 0 Å². The summed E-state index contributed by atoms with van der Waals surface area (Å²) in [4.78, 5) is 0. The summed E-state index contributed by atoms with van der Waals surface area (Å²) in [5, 5.41) is 2.68. The molecule has 5 aliphatic rings. The van der Waals surface area contributed by atoms with Crippen LogP contribution in [-0.4, -0.2) is 4.57 Å². The summed E-state index contributed by atoms with van der Waals surface area (Å²) in [6.07, 6.45) is 12.4. The quantitative estimate of drug-likeness (QED) is 0.175. The molecule has 1 aromatic heterocycles. The first kappa shape index (κ1) is 25.2. The fourth-order valence-corrected chi connectivity index (χ4v) is 10.3. The van der Waals surface area contributed by atoms with Crippen LogP contribution < -0.4 is 0 Å². The van der Waals surface area contributed by atoms with E-state index in [0.717, 1.165) is 0 Å². The second kappa shape index (κ2) is 8.70. The molecule has 0 bridgehead atoms. The minimum Gasteiger partial charge on any atom is -0.309 e. The average Bonchev–Trinajstić information content (AvgIpc) is 3.75. The number of rotatable bonds is 1. The molecule has 0 radical (unpaired) electrons. The summed E-state index contributed by atoms with van der Waals surface area (Å²) in [5.74, 6) is 0.540. The number of benzene rings is 6. The summed E-state index contributed by atoms with van der Waals surface area (Å²) in [5.41, 5.74) is 20.4. The number of fused-ring (bicyclic) bond motifs is 14. The van der Waals surface area contributed by atoms with Crippen molar-refractivity contribution in [2.45, 2.75) is 11.3 Å². The first-order valence-corrected chi connectivity index (χ1v) is 17.1. The number of allylic oxidation sites excluding steroid dienone is 6. The Balaban J connectivity index is 1.16. The molecule has 0 saturated carbocycles. The molecule has 2 atom stereocenters. The first-order chi connectivity index (χ1) is 23.8. The Kier molecular flexibility index (Phi) is 4.57. The van der Waals surface area contributed by atoms with Crippen molar-refractivity contribution < 1.29 is 0 Å². The maximum atomic E-state index is 2.59. The lowest BCUT2D eigenvalue weighted by Crippen LogP contribution is -2.30. The zero-order chi connectivity index (χ0) is 31.1. The van der Waals surface area contributed by atoms with Gasteiger partial charge in [-0.1, -0.05) is 140 Å². The SMILES string of the molecule is C1=Cc2c3c(cc4c2c2ccccc2n4-c2ccccc2)C=CC2C4=C(C=C1C32)C1(c2ccccc24)c2ccccc2-c2ccccc21. The van der Waals surface area contributed by atoms with Gasteiger partial charge in [-0.25, -0.2) is 0 Å². The monoisotopic (exact) mass is 607 g/mol.